The number of nitrogens with one attached hydrogen (secondary N) is 2. The first kappa shape index (κ1) is 17.9. The number of nitro benzene ring substituents is 1. The van der Waals surface area contributed by atoms with Crippen molar-refractivity contribution in [2.24, 2.45) is 0 Å². The summed E-state index contributed by atoms with van der Waals surface area (Å²) in [5, 5.41) is 24.1. The fourth-order valence-electron chi connectivity index (χ4n) is 2.82. The molecule has 134 valence electrons. The van der Waals surface area contributed by atoms with Gasteiger partial charge in [0.15, 0.2) is 0 Å². The van der Waals surface area contributed by atoms with Crippen LogP contribution in [0.4, 0.5) is 5.69 Å². The van der Waals surface area contributed by atoms with Crippen LogP contribution in [0.3, 0.4) is 0 Å². The summed E-state index contributed by atoms with van der Waals surface area (Å²) in [5.41, 5.74) is 1.96. The van der Waals surface area contributed by atoms with Gasteiger partial charge in [-0.05, 0) is 30.2 Å². The number of hydrogen-bond donors (Lipinski definition) is 2. The molecule has 0 aliphatic rings. The minimum atomic E-state index is -0.560. The predicted octanol–water partition coefficient (Wildman–Crippen LogP) is 3.34. The number of para-hydroxylation sites is 2. The number of aromatic amines is 1. The van der Waals surface area contributed by atoms with E-state index in [0.29, 0.717) is 13.0 Å². The van der Waals surface area contributed by atoms with Crippen molar-refractivity contribution in [1.82, 2.24) is 10.3 Å². The highest BCUT2D eigenvalue weighted by atomic mass is 16.6. The molecule has 7 heteroatoms. The van der Waals surface area contributed by atoms with E-state index >= 15 is 0 Å². The topological polar surface area (TPSA) is 112 Å². The maximum atomic E-state index is 12.3. The number of rotatable bonds is 6. The molecule has 1 aromatic heterocycles. The molecule has 0 spiro atoms. The smallest absolute Gasteiger partial charge is 0.276 e. The van der Waals surface area contributed by atoms with Crippen LogP contribution in [0.2, 0.25) is 0 Å². The molecule has 0 saturated heterocycles. The van der Waals surface area contributed by atoms with Gasteiger partial charge in [0.2, 0.25) is 0 Å². The average Bonchev–Trinajstić information content (AvgIpc) is 3.09. The van der Waals surface area contributed by atoms with E-state index in [1.807, 2.05) is 36.5 Å². The molecular formula is C20H16N4O3. The minimum absolute atomic E-state index is 0.156. The Morgan fingerprint density at radius 3 is 2.74 bits per heavy atom. The van der Waals surface area contributed by atoms with Crippen LogP contribution in [0.15, 0.2) is 60.3 Å². The van der Waals surface area contributed by atoms with Gasteiger partial charge < -0.3 is 10.3 Å². The fourth-order valence-corrected chi connectivity index (χ4v) is 2.82. The zero-order valence-electron chi connectivity index (χ0n) is 14.3. The lowest BCUT2D eigenvalue weighted by Crippen LogP contribution is -2.26. The van der Waals surface area contributed by atoms with Crippen LogP contribution in [0.1, 0.15) is 11.1 Å². The van der Waals surface area contributed by atoms with Gasteiger partial charge in [0.05, 0.1) is 10.5 Å². The molecule has 0 radical (unpaired) electrons. The molecule has 7 nitrogen and oxygen atoms in total. The van der Waals surface area contributed by atoms with Crippen molar-refractivity contribution >= 4 is 28.6 Å². The number of hydrogen-bond acceptors (Lipinski definition) is 4. The first-order valence-electron chi connectivity index (χ1n) is 8.28. The van der Waals surface area contributed by atoms with Crippen LogP contribution < -0.4 is 5.32 Å². The van der Waals surface area contributed by atoms with E-state index in [2.05, 4.69) is 10.3 Å². The van der Waals surface area contributed by atoms with Crippen LogP contribution >= 0.6 is 0 Å². The largest absolute Gasteiger partial charge is 0.361 e. The van der Waals surface area contributed by atoms with Gasteiger partial charge in [-0.25, -0.2) is 0 Å². The Kier molecular flexibility index (Phi) is 5.28. The number of nitrogens with zero attached hydrogens (tertiary/aromatic N) is 2. The molecule has 1 amide bonds. The third-order valence-corrected chi connectivity index (χ3v) is 4.15. The zero-order valence-corrected chi connectivity index (χ0v) is 14.3. The summed E-state index contributed by atoms with van der Waals surface area (Å²) in [7, 11) is 0. The predicted molar refractivity (Wildman–Crippen MR) is 102 cm³/mol. The summed E-state index contributed by atoms with van der Waals surface area (Å²) in [6, 6.07) is 15.6. The van der Waals surface area contributed by atoms with Gasteiger partial charge in [-0.2, -0.15) is 5.26 Å². The molecule has 1 heterocycles. The molecule has 0 aliphatic carbocycles. The van der Waals surface area contributed by atoms with Crippen molar-refractivity contribution in [2.45, 2.75) is 6.42 Å². The number of carbonyl (C=O) groups excluding carboxylic acids is 1. The Morgan fingerprint density at radius 1 is 1.22 bits per heavy atom. The third-order valence-electron chi connectivity index (χ3n) is 4.15. The summed E-state index contributed by atoms with van der Waals surface area (Å²) in [6.45, 7) is 0.344. The fraction of sp³-hybridized carbons (Fsp3) is 0.100. The number of carbonyl (C=O) groups is 1. The van der Waals surface area contributed by atoms with Gasteiger partial charge in [0.25, 0.3) is 11.6 Å². The Labute approximate surface area is 155 Å². The van der Waals surface area contributed by atoms with E-state index in [4.69, 9.17) is 0 Å². The first-order chi connectivity index (χ1) is 13.1. The van der Waals surface area contributed by atoms with E-state index in [-0.39, 0.29) is 16.8 Å². The Morgan fingerprint density at radius 2 is 1.96 bits per heavy atom. The second-order valence-corrected chi connectivity index (χ2v) is 5.85. The monoisotopic (exact) mass is 360 g/mol. The van der Waals surface area contributed by atoms with Crippen molar-refractivity contribution in [2.75, 3.05) is 6.54 Å². The summed E-state index contributed by atoms with van der Waals surface area (Å²) in [5.74, 6) is -0.560. The van der Waals surface area contributed by atoms with E-state index in [9.17, 15) is 20.2 Å². The van der Waals surface area contributed by atoms with Gasteiger partial charge in [-0.1, -0.05) is 30.3 Å². The van der Waals surface area contributed by atoms with Crippen molar-refractivity contribution in [3.63, 3.8) is 0 Å². The van der Waals surface area contributed by atoms with Crippen LogP contribution in [0.5, 0.6) is 0 Å². The molecule has 3 aromatic rings. The zero-order chi connectivity index (χ0) is 19.2. The maximum absolute atomic E-state index is 12.3. The molecule has 27 heavy (non-hydrogen) atoms. The molecule has 0 unspecified atom stereocenters. The number of aromatic nitrogens is 1. The van der Waals surface area contributed by atoms with Crippen molar-refractivity contribution in [3.05, 3.63) is 81.5 Å². The van der Waals surface area contributed by atoms with E-state index in [1.54, 1.807) is 6.07 Å². The van der Waals surface area contributed by atoms with Gasteiger partial charge in [0, 0.05) is 29.7 Å². The average molecular weight is 360 g/mol. The van der Waals surface area contributed by atoms with Gasteiger partial charge in [-0.15, -0.1) is 0 Å². The number of fused-ring (bicyclic) bond motifs is 1. The molecule has 2 aromatic carbocycles. The first-order valence-corrected chi connectivity index (χ1v) is 8.28. The van der Waals surface area contributed by atoms with E-state index < -0.39 is 10.8 Å². The standard InChI is InChI=1S/C20H16N4O3/c21-12-16(11-14-5-1-4-8-19(14)24(26)27)20(25)22-10-9-15-13-23-18-7-3-2-6-17(15)18/h1-8,11,13,23H,9-10H2,(H,22,25)/b16-11-. The second kappa shape index (κ2) is 7.97. The van der Waals surface area contributed by atoms with E-state index in [1.165, 1.54) is 24.3 Å². The number of nitriles is 1. The molecule has 0 aliphatic heterocycles. The van der Waals surface area contributed by atoms with E-state index in [0.717, 1.165) is 16.5 Å². The summed E-state index contributed by atoms with van der Waals surface area (Å²) in [6.07, 6.45) is 3.73. The Bertz CT molecular complexity index is 1080. The quantitative estimate of drug-likeness (QED) is 0.304. The Balaban J connectivity index is 1.69. The molecule has 0 saturated carbocycles. The van der Waals surface area contributed by atoms with Crippen molar-refractivity contribution in [1.29, 1.82) is 5.26 Å². The van der Waals surface area contributed by atoms with Gasteiger partial charge >= 0.3 is 0 Å². The molecular weight excluding hydrogens is 344 g/mol. The highest BCUT2D eigenvalue weighted by Crippen LogP contribution is 2.21. The minimum Gasteiger partial charge on any atom is -0.361 e. The van der Waals surface area contributed by atoms with Crippen molar-refractivity contribution < 1.29 is 9.72 Å². The number of amides is 1. The lowest BCUT2D eigenvalue weighted by molar-refractivity contribution is -0.385. The van der Waals surface area contributed by atoms with Crippen molar-refractivity contribution in [3.8, 4) is 6.07 Å². The molecule has 0 fully saturated rings. The summed E-state index contributed by atoms with van der Waals surface area (Å²) >= 11 is 0. The maximum Gasteiger partial charge on any atom is 0.276 e. The van der Waals surface area contributed by atoms with Crippen LogP contribution in [0, 0.1) is 21.4 Å². The van der Waals surface area contributed by atoms with Gasteiger partial charge in [-0.3, -0.25) is 14.9 Å². The van der Waals surface area contributed by atoms with Crippen LogP contribution in [-0.2, 0) is 11.2 Å². The SMILES string of the molecule is N#C/C(=C/c1ccccc1[N+](=O)[O-])C(=O)NCCc1c[nH]c2ccccc12. The third kappa shape index (κ3) is 4.02. The molecule has 3 rings (SSSR count). The van der Waals surface area contributed by atoms with Crippen LogP contribution in [0.25, 0.3) is 17.0 Å². The number of nitro groups is 1. The highest BCUT2D eigenvalue weighted by molar-refractivity contribution is 6.02. The lowest BCUT2D eigenvalue weighted by atomic mass is 10.1. The summed E-state index contributed by atoms with van der Waals surface area (Å²) in [4.78, 5) is 26.0. The summed E-state index contributed by atoms with van der Waals surface area (Å²) < 4.78 is 0. The highest BCUT2D eigenvalue weighted by Gasteiger charge is 2.14. The number of benzene rings is 2. The van der Waals surface area contributed by atoms with Crippen LogP contribution in [-0.4, -0.2) is 22.4 Å². The molecule has 0 atom stereocenters. The number of H-pyrrole nitrogens is 1. The molecule has 0 bridgehead atoms. The Hall–Kier alpha value is -3.92. The lowest BCUT2D eigenvalue weighted by Gasteiger charge is -2.04. The van der Waals surface area contributed by atoms with Gasteiger partial charge in [0.1, 0.15) is 11.6 Å². The second-order valence-electron chi connectivity index (χ2n) is 5.85. The molecule has 2 N–H and O–H groups in total. The normalized spacial score (nSPS) is 11.1.